The van der Waals surface area contributed by atoms with E-state index in [4.69, 9.17) is 10.5 Å². The van der Waals surface area contributed by atoms with Crippen LogP contribution in [0.3, 0.4) is 0 Å². The lowest BCUT2D eigenvalue weighted by Crippen LogP contribution is -2.42. The molecule has 100 valence electrons. The Hall–Kier alpha value is -1.13. The number of piperidine rings is 1. The third-order valence-electron chi connectivity index (χ3n) is 3.66. The predicted octanol–water partition coefficient (Wildman–Crippen LogP) is 1.65. The van der Waals surface area contributed by atoms with Crippen molar-refractivity contribution in [2.45, 2.75) is 32.4 Å². The van der Waals surface area contributed by atoms with Crippen molar-refractivity contribution >= 4 is 0 Å². The van der Waals surface area contributed by atoms with E-state index in [-0.39, 0.29) is 6.04 Å². The number of rotatable bonds is 4. The topological polar surface area (TPSA) is 51.4 Å². The van der Waals surface area contributed by atoms with Crippen LogP contribution in [-0.2, 0) is 6.54 Å². The Kier molecular flexibility index (Phi) is 4.55. The Morgan fingerprint density at radius 2 is 2.39 bits per heavy atom. The smallest absolute Gasteiger partial charge is 0.213 e. The highest BCUT2D eigenvalue weighted by Gasteiger charge is 2.22. The zero-order valence-corrected chi connectivity index (χ0v) is 11.3. The average molecular weight is 249 g/mol. The maximum atomic E-state index is 6.01. The summed E-state index contributed by atoms with van der Waals surface area (Å²) in [6.07, 6.45) is 2.48. The molecule has 0 radical (unpaired) electrons. The largest absolute Gasteiger partial charge is 0.481 e. The number of aromatic nitrogens is 1. The van der Waals surface area contributed by atoms with Crippen molar-refractivity contribution in [3.63, 3.8) is 0 Å². The minimum absolute atomic E-state index is 0.283. The minimum atomic E-state index is 0.283. The van der Waals surface area contributed by atoms with Crippen LogP contribution in [-0.4, -0.2) is 36.1 Å². The molecule has 2 N–H and O–H groups in total. The summed E-state index contributed by atoms with van der Waals surface area (Å²) in [5.74, 6) is 1.30. The van der Waals surface area contributed by atoms with Crippen LogP contribution in [0, 0.1) is 5.92 Å². The normalized spacial score (nSPS) is 22.7. The second-order valence-corrected chi connectivity index (χ2v) is 5.17. The minimum Gasteiger partial charge on any atom is -0.481 e. The summed E-state index contributed by atoms with van der Waals surface area (Å²) in [4.78, 5) is 6.90. The van der Waals surface area contributed by atoms with Crippen molar-refractivity contribution < 1.29 is 4.74 Å². The molecule has 1 saturated heterocycles. The summed E-state index contributed by atoms with van der Waals surface area (Å²) in [7, 11) is 1.65. The third kappa shape index (κ3) is 3.43. The zero-order valence-electron chi connectivity index (χ0n) is 11.3. The van der Waals surface area contributed by atoms with Crippen molar-refractivity contribution in [1.29, 1.82) is 0 Å². The van der Waals surface area contributed by atoms with Gasteiger partial charge < -0.3 is 10.5 Å². The van der Waals surface area contributed by atoms with Crippen LogP contribution >= 0.6 is 0 Å². The number of methoxy groups -OCH3 is 1. The van der Waals surface area contributed by atoms with Gasteiger partial charge in [-0.3, -0.25) is 4.90 Å². The number of likely N-dealkylation sites (tertiary alicyclic amines) is 1. The summed E-state index contributed by atoms with van der Waals surface area (Å²) in [5.41, 5.74) is 7.08. The van der Waals surface area contributed by atoms with Crippen molar-refractivity contribution in [2.24, 2.45) is 11.7 Å². The molecule has 1 fully saturated rings. The predicted molar refractivity (Wildman–Crippen MR) is 72.4 cm³/mol. The van der Waals surface area contributed by atoms with Crippen molar-refractivity contribution in [3.05, 3.63) is 23.9 Å². The van der Waals surface area contributed by atoms with Gasteiger partial charge in [-0.2, -0.15) is 0 Å². The van der Waals surface area contributed by atoms with Gasteiger partial charge in [-0.25, -0.2) is 4.98 Å². The molecule has 4 heteroatoms. The highest BCUT2D eigenvalue weighted by Crippen LogP contribution is 2.20. The van der Waals surface area contributed by atoms with E-state index in [2.05, 4.69) is 22.9 Å². The van der Waals surface area contributed by atoms with Gasteiger partial charge in [0.1, 0.15) is 0 Å². The molecule has 2 atom stereocenters. The lowest BCUT2D eigenvalue weighted by molar-refractivity contribution is 0.152. The van der Waals surface area contributed by atoms with Gasteiger partial charge in [0.05, 0.1) is 12.8 Å². The molecule has 0 amide bonds. The molecule has 1 aliphatic heterocycles. The highest BCUT2D eigenvalue weighted by molar-refractivity contribution is 5.15. The van der Waals surface area contributed by atoms with E-state index < -0.39 is 0 Å². The van der Waals surface area contributed by atoms with Gasteiger partial charge in [0.15, 0.2) is 0 Å². The second kappa shape index (κ2) is 6.16. The van der Waals surface area contributed by atoms with Gasteiger partial charge in [-0.15, -0.1) is 0 Å². The molecule has 0 bridgehead atoms. The van der Waals surface area contributed by atoms with Crippen molar-refractivity contribution in [2.75, 3.05) is 20.2 Å². The van der Waals surface area contributed by atoms with Crippen LogP contribution in [0.2, 0.25) is 0 Å². The summed E-state index contributed by atoms with van der Waals surface area (Å²) in [6.45, 7) is 5.22. The van der Waals surface area contributed by atoms with Gasteiger partial charge in [0.2, 0.25) is 5.88 Å². The first-order valence-corrected chi connectivity index (χ1v) is 6.67. The SMILES string of the molecule is COc1cccc(CN2CCCC(C(C)N)C2)n1. The fourth-order valence-electron chi connectivity index (χ4n) is 2.55. The van der Waals surface area contributed by atoms with E-state index in [1.807, 2.05) is 12.1 Å². The quantitative estimate of drug-likeness (QED) is 0.881. The number of nitrogens with zero attached hydrogens (tertiary/aromatic N) is 2. The van der Waals surface area contributed by atoms with E-state index in [1.54, 1.807) is 7.11 Å². The summed E-state index contributed by atoms with van der Waals surface area (Å²) in [5, 5.41) is 0. The molecule has 1 aromatic rings. The fourth-order valence-corrected chi connectivity index (χ4v) is 2.55. The molecule has 2 unspecified atom stereocenters. The summed E-state index contributed by atoms with van der Waals surface area (Å²) < 4.78 is 5.15. The van der Waals surface area contributed by atoms with Crippen LogP contribution in [0.25, 0.3) is 0 Å². The Labute approximate surface area is 109 Å². The van der Waals surface area contributed by atoms with E-state index in [1.165, 1.54) is 12.8 Å². The van der Waals surface area contributed by atoms with Crippen molar-refractivity contribution in [1.82, 2.24) is 9.88 Å². The molecule has 2 rings (SSSR count). The number of hydrogen-bond donors (Lipinski definition) is 1. The molecular formula is C14H23N3O. The number of nitrogens with two attached hydrogens (primary N) is 1. The van der Waals surface area contributed by atoms with E-state index >= 15 is 0 Å². The van der Waals surface area contributed by atoms with Crippen LogP contribution < -0.4 is 10.5 Å². The zero-order chi connectivity index (χ0) is 13.0. The molecule has 4 nitrogen and oxygen atoms in total. The monoisotopic (exact) mass is 249 g/mol. The van der Waals surface area contributed by atoms with E-state index in [0.29, 0.717) is 11.8 Å². The molecule has 0 aliphatic carbocycles. The summed E-state index contributed by atoms with van der Waals surface area (Å²) >= 11 is 0. The molecular weight excluding hydrogens is 226 g/mol. The lowest BCUT2D eigenvalue weighted by Gasteiger charge is -2.34. The number of ether oxygens (including phenoxy) is 1. The first-order chi connectivity index (χ1) is 8.69. The molecule has 2 heterocycles. The van der Waals surface area contributed by atoms with Gasteiger partial charge in [-0.05, 0) is 38.3 Å². The first kappa shape index (κ1) is 13.3. The van der Waals surface area contributed by atoms with Crippen LogP contribution in [0.4, 0.5) is 0 Å². The Bertz CT molecular complexity index is 381. The molecule has 1 aliphatic rings. The lowest BCUT2D eigenvalue weighted by atomic mass is 9.92. The Morgan fingerprint density at radius 3 is 3.11 bits per heavy atom. The maximum absolute atomic E-state index is 6.01. The fraction of sp³-hybridized carbons (Fsp3) is 0.643. The van der Waals surface area contributed by atoms with Gasteiger partial charge in [0, 0.05) is 25.2 Å². The van der Waals surface area contributed by atoms with E-state index in [9.17, 15) is 0 Å². The molecule has 0 saturated carbocycles. The van der Waals surface area contributed by atoms with Crippen LogP contribution in [0.5, 0.6) is 5.88 Å². The average Bonchev–Trinajstić information content (AvgIpc) is 2.39. The molecule has 0 aromatic carbocycles. The number of hydrogen-bond acceptors (Lipinski definition) is 4. The molecule has 1 aromatic heterocycles. The van der Waals surface area contributed by atoms with E-state index in [0.717, 1.165) is 25.3 Å². The Balaban J connectivity index is 1.95. The first-order valence-electron chi connectivity index (χ1n) is 6.67. The van der Waals surface area contributed by atoms with Crippen LogP contribution in [0.15, 0.2) is 18.2 Å². The third-order valence-corrected chi connectivity index (χ3v) is 3.66. The highest BCUT2D eigenvalue weighted by atomic mass is 16.5. The standard InChI is InChI=1S/C14H23N3O/c1-11(15)12-5-4-8-17(9-12)10-13-6-3-7-14(16-13)18-2/h3,6-7,11-12H,4-5,8-10,15H2,1-2H3. The van der Waals surface area contributed by atoms with Crippen molar-refractivity contribution in [3.8, 4) is 5.88 Å². The number of pyridine rings is 1. The van der Waals surface area contributed by atoms with Crippen LogP contribution in [0.1, 0.15) is 25.5 Å². The molecule has 18 heavy (non-hydrogen) atoms. The molecule has 0 spiro atoms. The Morgan fingerprint density at radius 1 is 1.56 bits per heavy atom. The maximum Gasteiger partial charge on any atom is 0.213 e. The van der Waals surface area contributed by atoms with Gasteiger partial charge in [-0.1, -0.05) is 6.07 Å². The summed E-state index contributed by atoms with van der Waals surface area (Å²) in [6, 6.07) is 6.21. The second-order valence-electron chi connectivity index (χ2n) is 5.17. The van der Waals surface area contributed by atoms with Gasteiger partial charge in [0.25, 0.3) is 0 Å². The van der Waals surface area contributed by atoms with Gasteiger partial charge >= 0.3 is 0 Å².